The van der Waals surface area contributed by atoms with E-state index in [-0.39, 0.29) is 37.8 Å². The van der Waals surface area contributed by atoms with Gasteiger partial charge in [-0.15, -0.1) is 0 Å². The van der Waals surface area contributed by atoms with Crippen LogP contribution in [0.15, 0.2) is 6.20 Å². The van der Waals surface area contributed by atoms with Gasteiger partial charge in [0.15, 0.2) is 10.8 Å². The Kier molecular flexibility index (Phi) is 7.84. The van der Waals surface area contributed by atoms with Crippen LogP contribution in [0.3, 0.4) is 0 Å². The summed E-state index contributed by atoms with van der Waals surface area (Å²) in [4.78, 5) is 32.3. The largest absolute Gasteiger partial charge is 0.435 e. The van der Waals surface area contributed by atoms with Gasteiger partial charge in [-0.1, -0.05) is 11.3 Å². The maximum atomic E-state index is 13.1. The maximum absolute atomic E-state index is 13.1. The number of hydrogen-bond acceptors (Lipinski definition) is 9. The van der Waals surface area contributed by atoms with E-state index in [1.165, 1.54) is 17.5 Å². The summed E-state index contributed by atoms with van der Waals surface area (Å²) >= 11 is 1.30. The van der Waals surface area contributed by atoms with Crippen molar-refractivity contribution in [3.63, 3.8) is 0 Å². The fourth-order valence-electron chi connectivity index (χ4n) is 3.41. The molecule has 3 rings (SSSR count). The monoisotopic (exact) mass is 498 g/mol. The highest BCUT2D eigenvalue weighted by Gasteiger charge is 2.40. The highest BCUT2D eigenvalue weighted by molar-refractivity contribution is 7.16. The number of carbonyl (C=O) groups is 2. The number of nitrogens with zero attached hydrogens (tertiary/aromatic N) is 6. The standard InChI is InChI=1S/C19H21F3N8O3S/c20-19(21,22)16-15(17(25)32)13(10-24)30(27-16)6-8-33-7-1-14(31)28-2-4-29(5-3-28)18-26-11-12(9-23)34-18/h10-11,24H,1-8H2,(H2,25,32). The number of aromatic nitrogens is 3. The third-order valence-electron chi connectivity index (χ3n) is 5.06. The van der Waals surface area contributed by atoms with Gasteiger partial charge >= 0.3 is 6.18 Å². The molecule has 0 radical (unpaired) electrons. The second-order valence-electron chi connectivity index (χ2n) is 7.19. The van der Waals surface area contributed by atoms with Crippen LogP contribution in [-0.4, -0.2) is 77.1 Å². The van der Waals surface area contributed by atoms with Crippen LogP contribution in [0.2, 0.25) is 0 Å². The van der Waals surface area contributed by atoms with E-state index >= 15 is 0 Å². The molecule has 2 aromatic heterocycles. The van der Waals surface area contributed by atoms with Crippen molar-refractivity contribution in [2.75, 3.05) is 44.3 Å². The van der Waals surface area contributed by atoms with Crippen molar-refractivity contribution in [3.05, 3.63) is 28.0 Å². The first kappa shape index (κ1) is 25.1. The molecule has 11 nitrogen and oxygen atoms in total. The second kappa shape index (κ2) is 10.6. The van der Waals surface area contributed by atoms with Crippen LogP contribution in [0.25, 0.3) is 0 Å². The normalized spacial score (nSPS) is 14.2. The lowest BCUT2D eigenvalue weighted by atomic mass is 10.1. The lowest BCUT2D eigenvalue weighted by Crippen LogP contribution is -2.49. The van der Waals surface area contributed by atoms with Crippen molar-refractivity contribution < 1.29 is 27.5 Å². The fraction of sp³-hybridized carbons (Fsp3) is 0.474. The number of thiazole rings is 1. The highest BCUT2D eigenvalue weighted by Crippen LogP contribution is 2.32. The minimum atomic E-state index is -4.90. The fourth-order valence-corrected chi connectivity index (χ4v) is 4.18. The summed E-state index contributed by atoms with van der Waals surface area (Å²) < 4.78 is 45.6. The summed E-state index contributed by atoms with van der Waals surface area (Å²) in [6, 6.07) is 2.04. The first-order valence-corrected chi connectivity index (χ1v) is 10.9. The van der Waals surface area contributed by atoms with E-state index in [0.717, 1.165) is 9.81 Å². The van der Waals surface area contributed by atoms with E-state index in [1.807, 2.05) is 11.0 Å². The number of rotatable bonds is 9. The van der Waals surface area contributed by atoms with E-state index in [9.17, 15) is 22.8 Å². The zero-order chi connectivity index (χ0) is 24.9. The molecule has 0 saturated carbocycles. The summed E-state index contributed by atoms with van der Waals surface area (Å²) in [6.07, 6.45) is -2.71. The number of primary amides is 1. The molecule has 0 unspecified atom stereocenters. The lowest BCUT2D eigenvalue weighted by molar-refractivity contribution is -0.142. The Morgan fingerprint density at radius 3 is 2.56 bits per heavy atom. The lowest BCUT2D eigenvalue weighted by Gasteiger charge is -2.34. The summed E-state index contributed by atoms with van der Waals surface area (Å²) in [5.74, 6) is -1.45. The molecule has 0 bridgehead atoms. The number of nitrogens with one attached hydrogen (secondary N) is 1. The van der Waals surface area contributed by atoms with Crippen LogP contribution in [0.5, 0.6) is 0 Å². The Morgan fingerprint density at radius 1 is 1.29 bits per heavy atom. The highest BCUT2D eigenvalue weighted by atomic mass is 32.1. The zero-order valence-electron chi connectivity index (χ0n) is 17.8. The number of alkyl halides is 3. The number of ether oxygens (including phenoxy) is 1. The quantitative estimate of drug-likeness (QED) is 0.387. The SMILES string of the molecule is N#Cc1cnc(N2CCN(C(=O)CCOCCn3nc(C(F)(F)F)c(C(N)=O)c3C=N)CC2)s1. The van der Waals surface area contributed by atoms with Crippen molar-refractivity contribution >= 4 is 34.5 Å². The number of amides is 2. The topological polar surface area (TPSA) is 154 Å². The number of anilines is 1. The van der Waals surface area contributed by atoms with Gasteiger partial charge in [0.1, 0.15) is 10.9 Å². The molecule has 3 N–H and O–H groups in total. The van der Waals surface area contributed by atoms with E-state index in [4.69, 9.17) is 21.1 Å². The van der Waals surface area contributed by atoms with Crippen molar-refractivity contribution in [3.8, 4) is 6.07 Å². The first-order valence-electron chi connectivity index (χ1n) is 10.1. The van der Waals surface area contributed by atoms with Gasteiger partial charge in [0.05, 0.1) is 43.6 Å². The predicted molar refractivity (Wildman–Crippen MR) is 115 cm³/mol. The summed E-state index contributed by atoms with van der Waals surface area (Å²) in [6.45, 7) is 1.96. The molecule has 34 heavy (non-hydrogen) atoms. The number of piperazine rings is 1. The average Bonchev–Trinajstić information content (AvgIpc) is 3.43. The molecule has 1 fully saturated rings. The van der Waals surface area contributed by atoms with E-state index < -0.39 is 23.3 Å². The van der Waals surface area contributed by atoms with Gasteiger partial charge < -0.3 is 25.7 Å². The Labute approximate surface area is 196 Å². The van der Waals surface area contributed by atoms with Gasteiger partial charge in [0.2, 0.25) is 5.91 Å². The molecule has 2 amide bonds. The van der Waals surface area contributed by atoms with E-state index in [1.54, 1.807) is 4.90 Å². The molecule has 1 aliphatic heterocycles. The summed E-state index contributed by atoms with van der Waals surface area (Å²) in [5.41, 5.74) is 2.37. The van der Waals surface area contributed by atoms with Crippen LogP contribution in [0, 0.1) is 16.7 Å². The van der Waals surface area contributed by atoms with Gasteiger partial charge in [-0.25, -0.2) is 4.98 Å². The van der Waals surface area contributed by atoms with Crippen LogP contribution < -0.4 is 10.6 Å². The number of carbonyl (C=O) groups excluding carboxylic acids is 2. The van der Waals surface area contributed by atoms with Gasteiger partial charge in [-0.3, -0.25) is 14.3 Å². The second-order valence-corrected chi connectivity index (χ2v) is 8.20. The van der Waals surface area contributed by atoms with Crippen molar-refractivity contribution in [2.45, 2.75) is 19.1 Å². The molecule has 15 heteroatoms. The van der Waals surface area contributed by atoms with Gasteiger partial charge in [-0.2, -0.15) is 23.5 Å². The van der Waals surface area contributed by atoms with Crippen LogP contribution >= 0.6 is 11.3 Å². The van der Waals surface area contributed by atoms with Crippen LogP contribution in [-0.2, 0) is 22.3 Å². The Bertz CT molecular complexity index is 1100. The Balaban J connectivity index is 1.45. The minimum Gasteiger partial charge on any atom is -0.379 e. The summed E-state index contributed by atoms with van der Waals surface area (Å²) in [5, 5.41) is 20.3. The van der Waals surface area contributed by atoms with Crippen LogP contribution in [0.1, 0.15) is 33.0 Å². The number of hydrogen-bond donors (Lipinski definition) is 2. The molecule has 0 atom stereocenters. The third-order valence-corrected chi connectivity index (χ3v) is 6.02. The van der Waals surface area contributed by atoms with E-state index in [0.29, 0.717) is 37.3 Å². The molecule has 182 valence electrons. The third kappa shape index (κ3) is 5.69. The molecule has 2 aromatic rings. The molecular formula is C19H21F3N8O3S. The van der Waals surface area contributed by atoms with E-state index in [2.05, 4.69) is 10.1 Å². The smallest absolute Gasteiger partial charge is 0.379 e. The van der Waals surface area contributed by atoms with Gasteiger partial charge in [-0.05, 0) is 0 Å². The molecule has 0 aromatic carbocycles. The van der Waals surface area contributed by atoms with Crippen LogP contribution in [0.4, 0.5) is 18.3 Å². The molecular weight excluding hydrogens is 477 g/mol. The predicted octanol–water partition coefficient (Wildman–Crippen LogP) is 1.08. The average molecular weight is 498 g/mol. The molecule has 3 heterocycles. The van der Waals surface area contributed by atoms with Gasteiger partial charge in [0, 0.05) is 32.4 Å². The number of nitrogens with two attached hydrogens (primary N) is 1. The molecule has 0 aliphatic carbocycles. The van der Waals surface area contributed by atoms with Crippen molar-refractivity contribution in [1.82, 2.24) is 19.7 Å². The number of halogens is 3. The molecule has 1 saturated heterocycles. The molecule has 0 spiro atoms. The van der Waals surface area contributed by atoms with Gasteiger partial charge in [0.25, 0.3) is 5.91 Å². The number of nitriles is 1. The maximum Gasteiger partial charge on any atom is 0.435 e. The van der Waals surface area contributed by atoms with Crippen molar-refractivity contribution in [1.29, 1.82) is 10.7 Å². The Morgan fingerprint density at radius 2 is 2.00 bits per heavy atom. The summed E-state index contributed by atoms with van der Waals surface area (Å²) in [7, 11) is 0. The first-order chi connectivity index (χ1) is 16.2. The molecule has 1 aliphatic rings. The zero-order valence-corrected chi connectivity index (χ0v) is 18.7. The Hall–Kier alpha value is -3.51. The minimum absolute atomic E-state index is 0.0487. The van der Waals surface area contributed by atoms with Crippen molar-refractivity contribution in [2.24, 2.45) is 5.73 Å².